The number of hydrogen-bond donors (Lipinski definition) is 2. The highest BCUT2D eigenvalue weighted by Crippen LogP contribution is 2.42. The normalized spacial score (nSPS) is 11.4. The summed E-state index contributed by atoms with van der Waals surface area (Å²) in [5.41, 5.74) is 13.1. The summed E-state index contributed by atoms with van der Waals surface area (Å²) < 4.78 is 0. The molecule has 3 heterocycles. The number of hydrogen-bond acceptors (Lipinski definition) is 6. The summed E-state index contributed by atoms with van der Waals surface area (Å²) in [5.74, 6) is -0.430. The van der Waals surface area contributed by atoms with Gasteiger partial charge in [0.2, 0.25) is 0 Å². The van der Waals surface area contributed by atoms with Crippen LogP contribution in [-0.4, -0.2) is 16.7 Å². The Bertz CT molecular complexity index is 2230. The number of nitrogens with two attached hydrogens (primary N) is 1. The van der Waals surface area contributed by atoms with Crippen molar-refractivity contribution in [2.45, 2.75) is 6.92 Å². The summed E-state index contributed by atoms with van der Waals surface area (Å²) in [5, 5.41) is 7.92. The van der Waals surface area contributed by atoms with Gasteiger partial charge in [0.15, 0.2) is 5.78 Å². The van der Waals surface area contributed by atoms with Crippen molar-refractivity contribution in [1.29, 1.82) is 0 Å². The largest absolute Gasteiger partial charge is 0.397 e. The molecular weight excluding hydrogens is 595 g/mol. The average Bonchev–Trinajstić information content (AvgIpc) is 3.71. The van der Waals surface area contributed by atoms with Crippen molar-refractivity contribution < 1.29 is 9.59 Å². The van der Waals surface area contributed by atoms with Crippen molar-refractivity contribution >= 4 is 72.8 Å². The molecule has 0 aliphatic rings. The topological polar surface area (TPSA) is 85.1 Å². The summed E-state index contributed by atoms with van der Waals surface area (Å²) in [6.45, 7) is 2.05. The number of aryl methyl sites for hydroxylation is 1. The van der Waals surface area contributed by atoms with Crippen LogP contribution in [0.15, 0.2) is 121 Å². The summed E-state index contributed by atoms with van der Waals surface area (Å²) in [6.07, 6.45) is 3.36. The fourth-order valence-electron chi connectivity index (χ4n) is 5.38. The quantitative estimate of drug-likeness (QED) is 0.137. The predicted octanol–water partition coefficient (Wildman–Crippen LogP) is 9.88. The van der Waals surface area contributed by atoms with E-state index in [9.17, 15) is 9.59 Å². The van der Waals surface area contributed by atoms with Gasteiger partial charge in [0.25, 0.3) is 5.91 Å². The van der Waals surface area contributed by atoms with E-state index in [0.29, 0.717) is 26.6 Å². The van der Waals surface area contributed by atoms with Gasteiger partial charge in [0.05, 0.1) is 11.4 Å². The minimum absolute atomic E-state index is 0.105. The lowest BCUT2D eigenvalue weighted by molar-refractivity contribution is 0.102. The number of fused-ring (bicyclic) bond motifs is 2. The number of rotatable bonds is 7. The highest BCUT2D eigenvalue weighted by atomic mass is 32.1. The van der Waals surface area contributed by atoms with Crippen LogP contribution in [0.1, 0.15) is 30.5 Å². The lowest BCUT2D eigenvalue weighted by Crippen LogP contribution is -2.12. The first-order valence-electron chi connectivity index (χ1n) is 14.4. The third-order valence-electron chi connectivity index (χ3n) is 7.70. The SMILES string of the molecule is Cc1ccc(-c2cc(-c3cccc4ccccc34)nc3sc(C(=O)Nc4ccc(C(=O)C=Cc5cccs5)cc4)c(N)c23)cc1. The van der Waals surface area contributed by atoms with E-state index < -0.39 is 0 Å². The molecule has 0 bridgehead atoms. The molecule has 3 aromatic heterocycles. The van der Waals surface area contributed by atoms with Crippen molar-refractivity contribution in [2.24, 2.45) is 0 Å². The van der Waals surface area contributed by atoms with Crippen molar-refractivity contribution in [3.05, 3.63) is 142 Å². The van der Waals surface area contributed by atoms with Gasteiger partial charge < -0.3 is 11.1 Å². The molecule has 0 fully saturated rings. The van der Waals surface area contributed by atoms with Crippen LogP contribution in [0.4, 0.5) is 11.4 Å². The second kappa shape index (κ2) is 12.0. The summed E-state index contributed by atoms with van der Waals surface area (Å²) >= 11 is 2.85. The van der Waals surface area contributed by atoms with Gasteiger partial charge in [0.1, 0.15) is 9.71 Å². The minimum Gasteiger partial charge on any atom is -0.397 e. The molecule has 7 rings (SSSR count). The average molecular weight is 622 g/mol. The second-order valence-corrected chi connectivity index (χ2v) is 12.7. The van der Waals surface area contributed by atoms with E-state index in [1.807, 2.05) is 35.7 Å². The standard InChI is InChI=1S/C38H27N3O2S2/c1-23-11-13-25(14-12-23)31-22-32(30-10-4-7-24-6-2-3-9-29(24)30)41-38-34(31)35(39)36(45-38)37(43)40-27-17-15-26(16-18-27)33(42)20-19-28-8-5-21-44-28/h2-22H,39H2,1H3,(H,40,43). The number of amides is 1. The zero-order valence-electron chi connectivity index (χ0n) is 24.3. The maximum absolute atomic E-state index is 13.6. The lowest BCUT2D eigenvalue weighted by atomic mass is 9.96. The van der Waals surface area contributed by atoms with Crippen molar-refractivity contribution in [2.75, 3.05) is 11.1 Å². The molecule has 0 aliphatic heterocycles. The molecule has 0 atom stereocenters. The van der Waals surface area contributed by atoms with Crippen LogP contribution in [0, 0.1) is 6.92 Å². The first kappa shape index (κ1) is 28.4. The van der Waals surface area contributed by atoms with E-state index in [0.717, 1.165) is 49.0 Å². The zero-order valence-corrected chi connectivity index (χ0v) is 25.9. The van der Waals surface area contributed by atoms with E-state index in [-0.39, 0.29) is 11.7 Å². The van der Waals surface area contributed by atoms with E-state index in [4.69, 9.17) is 10.7 Å². The number of nitrogens with zero attached hydrogens (tertiary/aromatic N) is 1. The molecule has 0 unspecified atom stereocenters. The Labute approximate surface area is 268 Å². The number of benzene rings is 4. The summed E-state index contributed by atoms with van der Waals surface area (Å²) in [6, 6.07) is 35.6. The molecule has 4 aromatic carbocycles. The van der Waals surface area contributed by atoms with Crippen LogP contribution < -0.4 is 11.1 Å². The third-order valence-corrected chi connectivity index (χ3v) is 9.64. The van der Waals surface area contributed by atoms with Gasteiger partial charge in [0, 0.05) is 27.1 Å². The van der Waals surface area contributed by atoms with Crippen LogP contribution in [0.5, 0.6) is 0 Å². The minimum atomic E-state index is -0.325. The number of carbonyl (C=O) groups is 2. The van der Waals surface area contributed by atoms with E-state index in [1.54, 1.807) is 47.8 Å². The number of nitrogens with one attached hydrogen (secondary N) is 1. The molecule has 218 valence electrons. The molecule has 1 amide bonds. The summed E-state index contributed by atoms with van der Waals surface area (Å²) in [4.78, 5) is 33.4. The number of anilines is 2. The predicted molar refractivity (Wildman–Crippen MR) is 189 cm³/mol. The Kier molecular flexibility index (Phi) is 7.55. The molecule has 5 nitrogen and oxygen atoms in total. The Morgan fingerprint density at radius 3 is 2.40 bits per heavy atom. The van der Waals surface area contributed by atoms with E-state index in [2.05, 4.69) is 66.8 Å². The van der Waals surface area contributed by atoms with Gasteiger partial charge in [-0.1, -0.05) is 78.4 Å². The van der Waals surface area contributed by atoms with Crippen molar-refractivity contribution in [1.82, 2.24) is 4.98 Å². The van der Waals surface area contributed by atoms with E-state index >= 15 is 0 Å². The Morgan fingerprint density at radius 2 is 1.62 bits per heavy atom. The Hall–Kier alpha value is -5.37. The number of aromatic nitrogens is 1. The molecule has 3 N–H and O–H groups in total. The van der Waals surface area contributed by atoms with Crippen LogP contribution in [0.25, 0.3) is 49.4 Å². The molecule has 7 heteroatoms. The van der Waals surface area contributed by atoms with E-state index in [1.165, 1.54) is 11.3 Å². The van der Waals surface area contributed by atoms with Gasteiger partial charge in [-0.3, -0.25) is 9.59 Å². The monoisotopic (exact) mass is 621 g/mol. The Balaban J connectivity index is 1.24. The van der Waals surface area contributed by atoms with Gasteiger partial charge >= 0.3 is 0 Å². The molecule has 0 saturated heterocycles. The molecule has 0 radical (unpaired) electrons. The van der Waals surface area contributed by atoms with Gasteiger partial charge in [-0.15, -0.1) is 22.7 Å². The molecule has 7 aromatic rings. The van der Waals surface area contributed by atoms with Gasteiger partial charge in [-0.25, -0.2) is 4.98 Å². The Morgan fingerprint density at radius 1 is 0.844 bits per heavy atom. The fourth-order valence-corrected chi connectivity index (χ4v) is 7.02. The molecule has 0 saturated carbocycles. The summed E-state index contributed by atoms with van der Waals surface area (Å²) in [7, 11) is 0. The maximum atomic E-state index is 13.6. The maximum Gasteiger partial charge on any atom is 0.267 e. The highest BCUT2D eigenvalue weighted by molar-refractivity contribution is 7.21. The van der Waals surface area contributed by atoms with Crippen LogP contribution >= 0.6 is 22.7 Å². The van der Waals surface area contributed by atoms with Crippen LogP contribution in [0.3, 0.4) is 0 Å². The van der Waals surface area contributed by atoms with Crippen LogP contribution in [-0.2, 0) is 0 Å². The fraction of sp³-hybridized carbons (Fsp3) is 0.0263. The molecular formula is C38H27N3O2S2. The molecule has 0 spiro atoms. The number of nitrogen functional groups attached to an aromatic ring is 1. The highest BCUT2D eigenvalue weighted by Gasteiger charge is 2.22. The van der Waals surface area contributed by atoms with Gasteiger partial charge in [-0.2, -0.15) is 0 Å². The first-order chi connectivity index (χ1) is 21.9. The van der Waals surface area contributed by atoms with Crippen LogP contribution in [0.2, 0.25) is 0 Å². The second-order valence-electron chi connectivity index (χ2n) is 10.7. The smallest absolute Gasteiger partial charge is 0.267 e. The van der Waals surface area contributed by atoms with Crippen molar-refractivity contribution in [3.63, 3.8) is 0 Å². The zero-order chi connectivity index (χ0) is 30.9. The molecule has 0 aliphatic carbocycles. The third kappa shape index (κ3) is 5.67. The number of pyridine rings is 1. The van der Waals surface area contributed by atoms with Gasteiger partial charge in [-0.05, 0) is 82.8 Å². The van der Waals surface area contributed by atoms with Crippen molar-refractivity contribution in [3.8, 4) is 22.4 Å². The number of allylic oxidation sites excluding steroid dienone is 1. The number of ketones is 1. The number of thiophene rings is 2. The molecule has 45 heavy (non-hydrogen) atoms. The lowest BCUT2D eigenvalue weighted by Gasteiger charge is -2.11. The number of carbonyl (C=O) groups excluding carboxylic acids is 2. The first-order valence-corrected chi connectivity index (χ1v) is 16.1.